The lowest BCUT2D eigenvalue weighted by Gasteiger charge is -2.07. The summed E-state index contributed by atoms with van der Waals surface area (Å²) >= 11 is 0.689. The van der Waals surface area contributed by atoms with Crippen LogP contribution in [-0.2, 0) is 11.3 Å². The molecule has 1 N–H and O–H groups in total. The molecule has 0 unspecified atom stereocenters. The second-order valence-electron chi connectivity index (χ2n) is 5.94. The van der Waals surface area contributed by atoms with Crippen LogP contribution in [-0.4, -0.2) is 22.0 Å². The predicted octanol–water partition coefficient (Wildman–Crippen LogP) is 4.02. The summed E-state index contributed by atoms with van der Waals surface area (Å²) in [6.07, 6.45) is 3.74. The molecule has 0 aliphatic carbocycles. The van der Waals surface area contributed by atoms with E-state index in [0.717, 1.165) is 27.8 Å². The molecule has 4 rings (SSSR count). The number of rotatable bonds is 4. The minimum atomic E-state index is -0.332. The average molecular weight is 364 g/mol. The second kappa shape index (κ2) is 6.72. The Morgan fingerprint density at radius 2 is 2.00 bits per heavy atom. The van der Waals surface area contributed by atoms with Gasteiger partial charge in [-0.3, -0.25) is 9.59 Å². The first-order chi connectivity index (χ1) is 12.6. The molecule has 1 aliphatic heterocycles. The van der Waals surface area contributed by atoms with Crippen molar-refractivity contribution in [2.45, 2.75) is 6.54 Å². The monoisotopic (exact) mass is 364 g/mol. The number of fused-ring (bicyclic) bond motifs is 1. The number of nitrogens with one attached hydrogen (secondary N) is 1. The summed E-state index contributed by atoms with van der Waals surface area (Å²) in [6.45, 7) is 0.677. The molecule has 1 saturated heterocycles. The minimum Gasteiger partial charge on any atom is -0.497 e. The van der Waals surface area contributed by atoms with Crippen LogP contribution >= 0.6 is 11.8 Å². The lowest BCUT2D eigenvalue weighted by Crippen LogP contribution is -2.10. The van der Waals surface area contributed by atoms with E-state index >= 15 is 0 Å². The summed E-state index contributed by atoms with van der Waals surface area (Å²) in [4.78, 5) is 23.3. The first-order valence-electron chi connectivity index (χ1n) is 8.10. The smallest absolute Gasteiger partial charge is 0.291 e. The van der Waals surface area contributed by atoms with Crippen molar-refractivity contribution in [1.82, 2.24) is 9.88 Å². The van der Waals surface area contributed by atoms with Crippen LogP contribution in [0.25, 0.3) is 17.0 Å². The Hall–Kier alpha value is -2.99. The van der Waals surface area contributed by atoms with Gasteiger partial charge in [0.2, 0.25) is 5.12 Å². The van der Waals surface area contributed by atoms with Gasteiger partial charge in [-0.15, -0.1) is 0 Å². The first kappa shape index (κ1) is 16.5. The maximum absolute atomic E-state index is 11.9. The first-order valence-corrected chi connectivity index (χ1v) is 8.91. The summed E-state index contributed by atoms with van der Waals surface area (Å²) < 4.78 is 7.43. The van der Waals surface area contributed by atoms with Crippen LogP contribution in [0.1, 0.15) is 11.1 Å². The van der Waals surface area contributed by atoms with E-state index in [1.54, 1.807) is 13.2 Å². The Bertz CT molecular complexity index is 1050. The van der Waals surface area contributed by atoms with Crippen LogP contribution in [0.15, 0.2) is 60.4 Å². The molecule has 2 aromatic carbocycles. The van der Waals surface area contributed by atoms with E-state index in [1.165, 1.54) is 0 Å². The molecule has 26 heavy (non-hydrogen) atoms. The van der Waals surface area contributed by atoms with Crippen molar-refractivity contribution in [2.24, 2.45) is 0 Å². The van der Waals surface area contributed by atoms with Gasteiger partial charge in [0, 0.05) is 41.0 Å². The number of amides is 1. The van der Waals surface area contributed by atoms with Gasteiger partial charge in [0.1, 0.15) is 5.75 Å². The fraction of sp³-hybridized carbons (Fsp3) is 0.100. The molecular formula is C20H16N2O3S. The number of carbonyl (C=O) groups is 2. The zero-order valence-electron chi connectivity index (χ0n) is 14.1. The molecule has 0 bridgehead atoms. The maximum Gasteiger partial charge on any atom is 0.291 e. The van der Waals surface area contributed by atoms with Gasteiger partial charge in [-0.1, -0.05) is 30.3 Å². The minimum absolute atomic E-state index is 0.250. The van der Waals surface area contributed by atoms with Gasteiger partial charge in [0.05, 0.1) is 12.8 Å². The van der Waals surface area contributed by atoms with Crippen LogP contribution in [0.3, 0.4) is 0 Å². The van der Waals surface area contributed by atoms with Crippen LogP contribution < -0.4 is 10.1 Å². The van der Waals surface area contributed by atoms with Gasteiger partial charge >= 0.3 is 0 Å². The number of aromatic nitrogens is 1. The molecule has 5 nitrogen and oxygen atoms in total. The third kappa shape index (κ3) is 3.11. The number of para-hydroxylation sites is 1. The van der Waals surface area contributed by atoms with Crippen molar-refractivity contribution in [3.63, 3.8) is 0 Å². The molecule has 1 fully saturated rings. The topological polar surface area (TPSA) is 60.3 Å². The number of hydrogen-bond acceptors (Lipinski definition) is 4. The van der Waals surface area contributed by atoms with Crippen molar-refractivity contribution >= 4 is 39.1 Å². The van der Waals surface area contributed by atoms with E-state index in [2.05, 4.69) is 9.88 Å². The SMILES string of the molecule is COc1cccc(Cn2cc(C=C3NC(=O)SC3=O)c3ccccc32)c1. The van der Waals surface area contributed by atoms with E-state index < -0.39 is 0 Å². The molecule has 1 aliphatic rings. The predicted molar refractivity (Wildman–Crippen MR) is 103 cm³/mol. The molecule has 2 heterocycles. The summed E-state index contributed by atoms with van der Waals surface area (Å²) in [5.74, 6) is 0.817. The van der Waals surface area contributed by atoms with Crippen molar-refractivity contribution in [3.05, 3.63) is 71.6 Å². The van der Waals surface area contributed by atoms with Gasteiger partial charge < -0.3 is 14.6 Å². The molecule has 6 heteroatoms. The van der Waals surface area contributed by atoms with Gasteiger partial charge in [-0.25, -0.2) is 0 Å². The van der Waals surface area contributed by atoms with Crippen molar-refractivity contribution in [2.75, 3.05) is 7.11 Å². The third-order valence-corrected chi connectivity index (χ3v) is 4.94. The van der Waals surface area contributed by atoms with Crippen LogP contribution in [0, 0.1) is 0 Å². The van der Waals surface area contributed by atoms with Crippen molar-refractivity contribution in [3.8, 4) is 5.75 Å². The number of carbonyl (C=O) groups excluding carboxylic acids is 2. The number of ether oxygens (including phenoxy) is 1. The highest BCUT2D eigenvalue weighted by Crippen LogP contribution is 2.27. The molecule has 0 atom stereocenters. The Balaban J connectivity index is 1.75. The third-order valence-electron chi connectivity index (χ3n) is 4.25. The summed E-state index contributed by atoms with van der Waals surface area (Å²) in [7, 11) is 1.65. The molecule has 3 aromatic rings. The Morgan fingerprint density at radius 1 is 1.15 bits per heavy atom. The van der Waals surface area contributed by atoms with Gasteiger partial charge in [-0.05, 0) is 29.8 Å². The molecule has 0 spiro atoms. The zero-order valence-corrected chi connectivity index (χ0v) is 14.9. The van der Waals surface area contributed by atoms with E-state index in [1.807, 2.05) is 54.7 Å². The standard InChI is InChI=1S/C20H16N2O3S/c1-25-15-6-4-5-13(9-15)11-22-12-14(16-7-2-3-8-18(16)22)10-17-19(23)26-20(24)21-17/h2-10,12H,11H2,1H3,(H,21,24). The lowest BCUT2D eigenvalue weighted by molar-refractivity contribution is -0.107. The number of methoxy groups -OCH3 is 1. The Labute approximate surface area is 154 Å². The highest BCUT2D eigenvalue weighted by molar-refractivity contribution is 8.27. The van der Waals surface area contributed by atoms with Gasteiger partial charge in [0.15, 0.2) is 0 Å². The molecular weight excluding hydrogens is 348 g/mol. The largest absolute Gasteiger partial charge is 0.497 e. The number of thioether (sulfide) groups is 1. The van der Waals surface area contributed by atoms with Gasteiger partial charge in [-0.2, -0.15) is 0 Å². The quantitative estimate of drug-likeness (QED) is 0.710. The molecule has 1 aromatic heterocycles. The normalized spacial score (nSPS) is 15.7. The summed E-state index contributed by atoms with van der Waals surface area (Å²) in [6, 6.07) is 15.9. The van der Waals surface area contributed by atoms with Gasteiger partial charge in [0.25, 0.3) is 5.24 Å². The molecule has 1 amide bonds. The van der Waals surface area contributed by atoms with E-state index in [-0.39, 0.29) is 10.4 Å². The highest BCUT2D eigenvalue weighted by atomic mass is 32.2. The number of benzene rings is 2. The number of nitrogens with zero attached hydrogens (tertiary/aromatic N) is 1. The van der Waals surface area contributed by atoms with Crippen LogP contribution in [0.5, 0.6) is 5.75 Å². The number of hydrogen-bond donors (Lipinski definition) is 1. The van der Waals surface area contributed by atoms with E-state index in [4.69, 9.17) is 4.74 Å². The molecule has 0 radical (unpaired) electrons. The Morgan fingerprint density at radius 3 is 2.77 bits per heavy atom. The van der Waals surface area contributed by atoms with Crippen molar-refractivity contribution in [1.29, 1.82) is 0 Å². The van der Waals surface area contributed by atoms with Crippen LogP contribution in [0.2, 0.25) is 0 Å². The summed E-state index contributed by atoms with van der Waals surface area (Å²) in [5.41, 5.74) is 3.40. The zero-order chi connectivity index (χ0) is 18.1. The lowest BCUT2D eigenvalue weighted by atomic mass is 10.1. The van der Waals surface area contributed by atoms with E-state index in [0.29, 0.717) is 24.0 Å². The fourth-order valence-corrected chi connectivity index (χ4v) is 3.61. The molecule has 0 saturated carbocycles. The second-order valence-corrected chi connectivity index (χ2v) is 6.89. The van der Waals surface area contributed by atoms with Crippen LogP contribution in [0.4, 0.5) is 4.79 Å². The highest BCUT2D eigenvalue weighted by Gasteiger charge is 2.25. The summed E-state index contributed by atoms with van der Waals surface area (Å²) in [5, 5.41) is 3.05. The van der Waals surface area contributed by atoms with Crippen molar-refractivity contribution < 1.29 is 14.3 Å². The maximum atomic E-state index is 11.9. The fourth-order valence-electron chi connectivity index (χ4n) is 3.06. The van der Waals surface area contributed by atoms with E-state index in [9.17, 15) is 9.59 Å². The average Bonchev–Trinajstić information content (AvgIpc) is 3.15. The Kier molecular flexibility index (Phi) is 4.26. The molecule has 130 valence electrons.